The summed E-state index contributed by atoms with van der Waals surface area (Å²) in [5, 5.41) is 2.83. The van der Waals surface area contributed by atoms with Crippen LogP contribution in [0.1, 0.15) is 31.9 Å². The highest BCUT2D eigenvalue weighted by Crippen LogP contribution is 2.29. The Morgan fingerprint density at radius 3 is 2.33 bits per heavy atom. The van der Waals surface area contributed by atoms with E-state index in [1.807, 2.05) is 20.8 Å². The van der Waals surface area contributed by atoms with Crippen LogP contribution in [-0.4, -0.2) is 36.9 Å². The summed E-state index contributed by atoms with van der Waals surface area (Å²) >= 11 is 0. The number of nitrogens with one attached hydrogen (secondary N) is 1. The van der Waals surface area contributed by atoms with Gasteiger partial charge in [-0.15, -0.1) is 0 Å². The number of rotatable bonds is 4. The first-order valence-electron chi connectivity index (χ1n) is 7.77. The van der Waals surface area contributed by atoms with Crippen LogP contribution in [0.3, 0.4) is 0 Å². The Bertz CT molecular complexity index is 564. The standard InChI is InChI=1S/C17H22F3NO3/c1-16(2,3)24-10-14-15(22)21-13(9-23-14)8-11-4-6-12(7-5-11)17(18,19)20/h4-7,13-14H,8-10H2,1-3H3,(H,21,22)/t13-,14-/m0/s1. The summed E-state index contributed by atoms with van der Waals surface area (Å²) in [6.45, 7) is 6.14. The van der Waals surface area contributed by atoms with E-state index in [4.69, 9.17) is 9.47 Å². The first-order valence-corrected chi connectivity index (χ1v) is 7.77. The molecule has 7 heteroatoms. The molecule has 24 heavy (non-hydrogen) atoms. The zero-order chi connectivity index (χ0) is 18.0. The van der Waals surface area contributed by atoms with Crippen LogP contribution in [-0.2, 0) is 26.9 Å². The summed E-state index contributed by atoms with van der Waals surface area (Å²) in [5.74, 6) is -0.262. The average molecular weight is 345 g/mol. The van der Waals surface area contributed by atoms with Gasteiger partial charge in [0, 0.05) is 0 Å². The highest BCUT2D eigenvalue weighted by Gasteiger charge is 2.31. The summed E-state index contributed by atoms with van der Waals surface area (Å²) in [6, 6.07) is 4.66. The third-order valence-corrected chi connectivity index (χ3v) is 3.57. The SMILES string of the molecule is CC(C)(C)OC[C@@H]1OC[C@H](Cc2ccc(C(F)(F)F)cc2)NC1=O. The second kappa shape index (κ2) is 7.11. The monoisotopic (exact) mass is 345 g/mol. The van der Waals surface area contributed by atoms with E-state index in [0.717, 1.165) is 12.1 Å². The molecule has 0 bridgehead atoms. The molecular formula is C17H22F3NO3. The van der Waals surface area contributed by atoms with Crippen LogP contribution in [0.25, 0.3) is 0 Å². The van der Waals surface area contributed by atoms with Gasteiger partial charge in [-0.3, -0.25) is 4.79 Å². The molecule has 0 radical (unpaired) electrons. The molecule has 1 fully saturated rings. The Morgan fingerprint density at radius 1 is 1.21 bits per heavy atom. The Hall–Kier alpha value is -1.60. The third kappa shape index (κ3) is 5.49. The van der Waals surface area contributed by atoms with Crippen LogP contribution in [0.2, 0.25) is 0 Å². The Kier molecular flexibility index (Phi) is 5.55. The Balaban J connectivity index is 1.87. The van der Waals surface area contributed by atoms with E-state index in [1.165, 1.54) is 12.1 Å². The van der Waals surface area contributed by atoms with Crippen molar-refractivity contribution >= 4 is 5.91 Å². The molecule has 1 amide bonds. The van der Waals surface area contributed by atoms with Gasteiger partial charge in [0.1, 0.15) is 0 Å². The summed E-state index contributed by atoms with van der Waals surface area (Å²) < 4.78 is 48.7. The molecule has 2 rings (SSSR count). The second-order valence-corrected chi connectivity index (χ2v) is 6.85. The van der Waals surface area contributed by atoms with E-state index in [0.29, 0.717) is 18.6 Å². The molecule has 1 heterocycles. The first kappa shape index (κ1) is 18.7. The fourth-order valence-electron chi connectivity index (χ4n) is 2.32. The number of alkyl halides is 3. The number of carbonyl (C=O) groups is 1. The fraction of sp³-hybridized carbons (Fsp3) is 0.588. The summed E-state index contributed by atoms with van der Waals surface area (Å²) in [7, 11) is 0. The zero-order valence-corrected chi connectivity index (χ0v) is 13.9. The van der Waals surface area contributed by atoms with Crippen LogP contribution in [0, 0.1) is 0 Å². The van der Waals surface area contributed by atoms with Crippen molar-refractivity contribution in [3.05, 3.63) is 35.4 Å². The van der Waals surface area contributed by atoms with Gasteiger partial charge in [-0.05, 0) is 44.9 Å². The molecule has 1 N–H and O–H groups in total. The lowest BCUT2D eigenvalue weighted by molar-refractivity contribution is -0.150. The number of benzene rings is 1. The predicted octanol–water partition coefficient (Wildman–Crippen LogP) is 2.95. The van der Waals surface area contributed by atoms with Crippen molar-refractivity contribution < 1.29 is 27.4 Å². The van der Waals surface area contributed by atoms with Crippen LogP contribution >= 0.6 is 0 Å². The van der Waals surface area contributed by atoms with Gasteiger partial charge in [0.15, 0.2) is 6.10 Å². The van der Waals surface area contributed by atoms with Crippen molar-refractivity contribution in [1.82, 2.24) is 5.32 Å². The quantitative estimate of drug-likeness (QED) is 0.913. The van der Waals surface area contributed by atoms with Gasteiger partial charge >= 0.3 is 6.18 Å². The fourth-order valence-corrected chi connectivity index (χ4v) is 2.32. The molecule has 0 unspecified atom stereocenters. The molecule has 4 nitrogen and oxygen atoms in total. The molecule has 1 aromatic carbocycles. The Labute approximate surface area is 139 Å². The maximum absolute atomic E-state index is 12.5. The normalized spacial score (nSPS) is 22.3. The van der Waals surface area contributed by atoms with E-state index in [2.05, 4.69) is 5.32 Å². The lowest BCUT2D eigenvalue weighted by atomic mass is 10.0. The molecule has 1 saturated heterocycles. The van der Waals surface area contributed by atoms with Gasteiger partial charge in [-0.1, -0.05) is 12.1 Å². The molecule has 0 saturated carbocycles. The molecule has 0 aliphatic carbocycles. The maximum Gasteiger partial charge on any atom is 0.416 e. The summed E-state index contributed by atoms with van der Waals surface area (Å²) in [5.41, 5.74) is -0.336. The highest BCUT2D eigenvalue weighted by molar-refractivity contribution is 5.81. The van der Waals surface area contributed by atoms with E-state index >= 15 is 0 Å². The number of hydrogen-bond acceptors (Lipinski definition) is 3. The number of hydrogen-bond donors (Lipinski definition) is 1. The van der Waals surface area contributed by atoms with E-state index < -0.39 is 17.8 Å². The molecule has 0 spiro atoms. The lowest BCUT2D eigenvalue weighted by Gasteiger charge is -2.31. The van der Waals surface area contributed by atoms with Gasteiger partial charge in [-0.2, -0.15) is 13.2 Å². The molecule has 0 aromatic heterocycles. The first-order chi connectivity index (χ1) is 11.0. The molecule has 134 valence electrons. The number of ether oxygens (including phenoxy) is 2. The van der Waals surface area contributed by atoms with E-state index in [1.54, 1.807) is 0 Å². The molecule has 1 aromatic rings. The summed E-state index contributed by atoms with van der Waals surface area (Å²) in [4.78, 5) is 12.0. The largest absolute Gasteiger partial charge is 0.416 e. The van der Waals surface area contributed by atoms with Crippen LogP contribution < -0.4 is 5.32 Å². The van der Waals surface area contributed by atoms with Gasteiger partial charge in [0.05, 0.1) is 30.4 Å². The maximum atomic E-state index is 12.5. The second-order valence-electron chi connectivity index (χ2n) is 6.85. The minimum absolute atomic E-state index is 0.169. The van der Waals surface area contributed by atoms with Crippen LogP contribution in [0.15, 0.2) is 24.3 Å². The number of amides is 1. The van der Waals surface area contributed by atoms with Gasteiger partial charge in [-0.25, -0.2) is 0 Å². The lowest BCUT2D eigenvalue weighted by Crippen LogP contribution is -2.53. The average Bonchev–Trinajstić information content (AvgIpc) is 2.45. The van der Waals surface area contributed by atoms with Crippen molar-refractivity contribution in [1.29, 1.82) is 0 Å². The minimum atomic E-state index is -4.35. The minimum Gasteiger partial charge on any atom is -0.373 e. The number of halogens is 3. The number of carbonyl (C=O) groups excluding carboxylic acids is 1. The highest BCUT2D eigenvalue weighted by atomic mass is 19.4. The smallest absolute Gasteiger partial charge is 0.373 e. The van der Waals surface area contributed by atoms with Crippen LogP contribution in [0.4, 0.5) is 13.2 Å². The van der Waals surface area contributed by atoms with Crippen LogP contribution in [0.5, 0.6) is 0 Å². The Morgan fingerprint density at radius 2 is 1.83 bits per heavy atom. The van der Waals surface area contributed by atoms with Gasteiger partial charge < -0.3 is 14.8 Å². The van der Waals surface area contributed by atoms with Crippen molar-refractivity contribution in [2.45, 2.75) is 51.1 Å². The topological polar surface area (TPSA) is 47.6 Å². The summed E-state index contributed by atoms with van der Waals surface area (Å²) in [6.07, 6.45) is -4.59. The van der Waals surface area contributed by atoms with E-state index in [9.17, 15) is 18.0 Å². The van der Waals surface area contributed by atoms with Crippen molar-refractivity contribution in [2.24, 2.45) is 0 Å². The molecule has 1 aliphatic heterocycles. The van der Waals surface area contributed by atoms with Crippen molar-refractivity contribution in [3.8, 4) is 0 Å². The number of morpholine rings is 1. The van der Waals surface area contributed by atoms with Gasteiger partial charge in [0.2, 0.25) is 0 Å². The van der Waals surface area contributed by atoms with Gasteiger partial charge in [0.25, 0.3) is 5.91 Å². The van der Waals surface area contributed by atoms with Crippen molar-refractivity contribution in [2.75, 3.05) is 13.2 Å². The zero-order valence-electron chi connectivity index (χ0n) is 13.9. The third-order valence-electron chi connectivity index (χ3n) is 3.57. The van der Waals surface area contributed by atoms with Crippen molar-refractivity contribution in [3.63, 3.8) is 0 Å². The van der Waals surface area contributed by atoms with E-state index in [-0.39, 0.29) is 24.2 Å². The predicted molar refractivity (Wildman–Crippen MR) is 82.5 cm³/mol. The molecule has 2 atom stereocenters. The molecular weight excluding hydrogens is 323 g/mol. The molecule has 1 aliphatic rings.